The van der Waals surface area contributed by atoms with E-state index in [0.29, 0.717) is 0 Å². The van der Waals surface area contributed by atoms with E-state index in [1.165, 1.54) is 32.4 Å². The smallest absolute Gasteiger partial charge is 0.0739 e. The van der Waals surface area contributed by atoms with Gasteiger partial charge < -0.3 is 4.90 Å². The Morgan fingerprint density at radius 1 is 1.00 bits per heavy atom. The molecule has 0 N–H and O–H groups in total. The first-order valence-corrected chi connectivity index (χ1v) is 9.15. The maximum atomic E-state index is 4.79. The van der Waals surface area contributed by atoms with Crippen LogP contribution in [-0.2, 0) is 12.8 Å². The van der Waals surface area contributed by atoms with E-state index in [1.54, 1.807) is 5.57 Å². The van der Waals surface area contributed by atoms with E-state index in [4.69, 9.17) is 4.98 Å². The van der Waals surface area contributed by atoms with Gasteiger partial charge in [-0.3, -0.25) is 4.98 Å². The SMILES string of the molecule is CN1CCC(=C2c3ccc(Br)cc3CCc3cccnc32)CC1. The molecule has 2 heterocycles. The number of likely N-dealkylation sites (tertiary alicyclic amines) is 1. The average molecular weight is 369 g/mol. The first-order valence-electron chi connectivity index (χ1n) is 8.36. The van der Waals surface area contributed by atoms with Crippen molar-refractivity contribution in [1.82, 2.24) is 9.88 Å². The monoisotopic (exact) mass is 368 g/mol. The van der Waals surface area contributed by atoms with Crippen LogP contribution in [0.2, 0.25) is 0 Å². The van der Waals surface area contributed by atoms with Crippen molar-refractivity contribution < 1.29 is 0 Å². The van der Waals surface area contributed by atoms with Gasteiger partial charge in [-0.25, -0.2) is 0 Å². The summed E-state index contributed by atoms with van der Waals surface area (Å²) in [6.45, 7) is 2.29. The van der Waals surface area contributed by atoms with Gasteiger partial charge in [0.2, 0.25) is 0 Å². The van der Waals surface area contributed by atoms with Gasteiger partial charge in [-0.2, -0.15) is 0 Å². The molecule has 2 aliphatic rings. The predicted octanol–water partition coefficient (Wildman–Crippen LogP) is 4.47. The second kappa shape index (κ2) is 6.21. The lowest BCUT2D eigenvalue weighted by Gasteiger charge is -2.27. The van der Waals surface area contributed by atoms with Crippen LogP contribution in [0.1, 0.15) is 35.2 Å². The number of piperidine rings is 1. The molecule has 23 heavy (non-hydrogen) atoms. The van der Waals surface area contributed by atoms with Crippen LogP contribution in [-0.4, -0.2) is 30.0 Å². The van der Waals surface area contributed by atoms with Crippen molar-refractivity contribution in [3.05, 3.63) is 69.0 Å². The molecule has 4 rings (SSSR count). The summed E-state index contributed by atoms with van der Waals surface area (Å²) in [4.78, 5) is 7.21. The van der Waals surface area contributed by atoms with Crippen molar-refractivity contribution in [2.45, 2.75) is 25.7 Å². The van der Waals surface area contributed by atoms with Gasteiger partial charge in [0.05, 0.1) is 5.69 Å². The van der Waals surface area contributed by atoms with Gasteiger partial charge in [0, 0.05) is 29.3 Å². The standard InChI is InChI=1S/C20H21BrN2/c1-23-11-8-14(9-12-23)19-18-7-6-17(21)13-16(18)5-4-15-3-2-10-22-20(15)19/h2-3,6-7,10,13H,4-5,8-9,11-12H2,1H3. The van der Waals surface area contributed by atoms with Gasteiger partial charge in [-0.15, -0.1) is 0 Å². The summed E-state index contributed by atoms with van der Waals surface area (Å²) in [6, 6.07) is 11.1. The van der Waals surface area contributed by atoms with Crippen LogP contribution < -0.4 is 0 Å². The molecule has 0 unspecified atom stereocenters. The number of aromatic nitrogens is 1. The average Bonchev–Trinajstić information content (AvgIpc) is 2.72. The molecule has 0 spiro atoms. The zero-order valence-corrected chi connectivity index (χ0v) is 15.1. The van der Waals surface area contributed by atoms with Crippen LogP contribution in [0.4, 0.5) is 0 Å². The maximum absolute atomic E-state index is 4.79. The Morgan fingerprint density at radius 3 is 2.61 bits per heavy atom. The van der Waals surface area contributed by atoms with Crippen molar-refractivity contribution in [3.8, 4) is 0 Å². The highest BCUT2D eigenvalue weighted by molar-refractivity contribution is 9.10. The molecule has 2 nitrogen and oxygen atoms in total. The second-order valence-electron chi connectivity index (χ2n) is 6.59. The molecule has 0 radical (unpaired) electrons. The molecule has 3 heteroatoms. The second-order valence-corrected chi connectivity index (χ2v) is 7.51. The van der Waals surface area contributed by atoms with Gasteiger partial charge >= 0.3 is 0 Å². The highest BCUT2D eigenvalue weighted by Gasteiger charge is 2.24. The van der Waals surface area contributed by atoms with Crippen molar-refractivity contribution in [3.63, 3.8) is 0 Å². The van der Waals surface area contributed by atoms with Gasteiger partial charge in [0.15, 0.2) is 0 Å². The molecule has 1 fully saturated rings. The largest absolute Gasteiger partial charge is 0.306 e. The molecule has 1 aliphatic carbocycles. The molecule has 1 aromatic heterocycles. The van der Waals surface area contributed by atoms with Gasteiger partial charge in [0.25, 0.3) is 0 Å². The number of pyridine rings is 1. The summed E-state index contributed by atoms with van der Waals surface area (Å²) >= 11 is 3.64. The third-order valence-electron chi connectivity index (χ3n) is 5.07. The Balaban J connectivity index is 1.94. The lowest BCUT2D eigenvalue weighted by Crippen LogP contribution is -2.27. The lowest BCUT2D eigenvalue weighted by molar-refractivity contribution is 0.313. The van der Waals surface area contributed by atoms with E-state index in [9.17, 15) is 0 Å². The van der Waals surface area contributed by atoms with E-state index >= 15 is 0 Å². The summed E-state index contributed by atoms with van der Waals surface area (Å²) < 4.78 is 1.17. The third kappa shape index (κ3) is 2.88. The van der Waals surface area contributed by atoms with Crippen molar-refractivity contribution in [2.75, 3.05) is 20.1 Å². The van der Waals surface area contributed by atoms with Crippen LogP contribution in [0.5, 0.6) is 0 Å². The molecule has 2 aromatic rings. The summed E-state index contributed by atoms with van der Waals surface area (Å²) in [5.74, 6) is 0. The van der Waals surface area contributed by atoms with E-state index in [1.807, 2.05) is 6.20 Å². The van der Waals surface area contributed by atoms with Crippen molar-refractivity contribution in [2.24, 2.45) is 0 Å². The Bertz CT molecular complexity index is 769. The zero-order valence-electron chi connectivity index (χ0n) is 13.5. The number of fused-ring (bicyclic) bond motifs is 2. The molecule has 0 saturated carbocycles. The Morgan fingerprint density at radius 2 is 1.78 bits per heavy atom. The van der Waals surface area contributed by atoms with Gasteiger partial charge in [-0.05, 0) is 67.6 Å². The fraction of sp³-hybridized carbons (Fsp3) is 0.350. The summed E-state index contributed by atoms with van der Waals surface area (Å²) in [7, 11) is 2.21. The molecule has 0 bridgehead atoms. The van der Waals surface area contributed by atoms with Gasteiger partial charge in [-0.1, -0.05) is 33.6 Å². The fourth-order valence-electron chi connectivity index (χ4n) is 3.77. The van der Waals surface area contributed by atoms with Crippen LogP contribution in [0.3, 0.4) is 0 Å². The zero-order chi connectivity index (χ0) is 15.8. The van der Waals surface area contributed by atoms with E-state index < -0.39 is 0 Å². The highest BCUT2D eigenvalue weighted by atomic mass is 79.9. The Labute approximate surface area is 146 Å². The number of halogens is 1. The molecular formula is C20H21BrN2. The third-order valence-corrected chi connectivity index (χ3v) is 5.57. The topological polar surface area (TPSA) is 16.1 Å². The number of hydrogen-bond donors (Lipinski definition) is 0. The van der Waals surface area contributed by atoms with Crippen molar-refractivity contribution >= 4 is 21.5 Å². The van der Waals surface area contributed by atoms with Crippen LogP contribution in [0, 0.1) is 0 Å². The summed E-state index contributed by atoms with van der Waals surface area (Å²) in [5, 5.41) is 0. The minimum Gasteiger partial charge on any atom is -0.306 e. The molecule has 1 aliphatic heterocycles. The number of hydrogen-bond acceptors (Lipinski definition) is 2. The van der Waals surface area contributed by atoms with E-state index in [-0.39, 0.29) is 0 Å². The summed E-state index contributed by atoms with van der Waals surface area (Å²) in [6.07, 6.45) is 6.40. The first kappa shape index (κ1) is 15.1. The minimum atomic E-state index is 1.07. The minimum absolute atomic E-state index is 1.07. The van der Waals surface area contributed by atoms with Gasteiger partial charge in [0.1, 0.15) is 0 Å². The number of rotatable bonds is 0. The van der Waals surface area contributed by atoms with Crippen molar-refractivity contribution in [1.29, 1.82) is 0 Å². The fourth-order valence-corrected chi connectivity index (χ4v) is 4.18. The Hall–Kier alpha value is -1.45. The normalized spacial score (nSPS) is 18.3. The highest BCUT2D eigenvalue weighted by Crippen LogP contribution is 2.38. The van der Waals surface area contributed by atoms with Crippen LogP contribution in [0.25, 0.3) is 5.57 Å². The van der Waals surface area contributed by atoms with E-state index in [2.05, 4.69) is 58.2 Å². The Kier molecular flexibility index (Phi) is 4.08. The first-order chi connectivity index (χ1) is 11.2. The molecular weight excluding hydrogens is 348 g/mol. The predicted molar refractivity (Wildman–Crippen MR) is 98.5 cm³/mol. The lowest BCUT2D eigenvalue weighted by atomic mass is 9.89. The number of nitrogens with zero attached hydrogens (tertiary/aromatic N) is 2. The summed E-state index contributed by atoms with van der Waals surface area (Å²) in [5.41, 5.74) is 8.43. The van der Waals surface area contributed by atoms with Crippen LogP contribution in [0.15, 0.2) is 46.6 Å². The maximum Gasteiger partial charge on any atom is 0.0739 e. The number of benzene rings is 1. The quantitative estimate of drug-likeness (QED) is 0.681. The number of aryl methyl sites for hydroxylation is 2. The molecule has 1 saturated heterocycles. The molecule has 0 atom stereocenters. The van der Waals surface area contributed by atoms with E-state index in [0.717, 1.165) is 38.8 Å². The molecule has 118 valence electrons. The van der Waals surface area contributed by atoms with Crippen LogP contribution >= 0.6 is 15.9 Å². The molecule has 1 aromatic carbocycles. The molecule has 0 amide bonds.